The van der Waals surface area contributed by atoms with Gasteiger partial charge in [0.25, 0.3) is 0 Å². The summed E-state index contributed by atoms with van der Waals surface area (Å²) < 4.78 is 51.0. The van der Waals surface area contributed by atoms with E-state index in [1.54, 1.807) is 14.0 Å². The van der Waals surface area contributed by atoms with E-state index in [4.69, 9.17) is 9.47 Å². The largest absolute Gasteiger partial charge is 0.573 e. The van der Waals surface area contributed by atoms with E-state index in [9.17, 15) is 18.0 Å². The van der Waals surface area contributed by atoms with E-state index in [-0.39, 0.29) is 18.4 Å². The first-order valence-corrected chi connectivity index (χ1v) is 8.47. The topological polar surface area (TPSA) is 60.0 Å². The van der Waals surface area contributed by atoms with Crippen molar-refractivity contribution in [3.63, 3.8) is 0 Å². The third-order valence-electron chi connectivity index (χ3n) is 4.26. The molecule has 0 bridgehead atoms. The Morgan fingerprint density at radius 2 is 1.86 bits per heavy atom. The Labute approximate surface area is 159 Å². The lowest BCUT2D eigenvalue weighted by Gasteiger charge is -2.24. The van der Waals surface area contributed by atoms with Crippen LogP contribution in [0.1, 0.15) is 12.5 Å². The van der Waals surface area contributed by atoms with Gasteiger partial charge in [0.05, 0.1) is 6.04 Å². The molecule has 9 heteroatoms. The molecule has 6 nitrogen and oxygen atoms in total. The van der Waals surface area contributed by atoms with E-state index < -0.39 is 12.4 Å². The van der Waals surface area contributed by atoms with Crippen LogP contribution in [0.25, 0.3) is 0 Å². The van der Waals surface area contributed by atoms with Gasteiger partial charge in [-0.2, -0.15) is 0 Å². The lowest BCUT2D eigenvalue weighted by Crippen LogP contribution is -2.39. The molecule has 1 aliphatic rings. The second-order valence-electron chi connectivity index (χ2n) is 6.34. The molecule has 0 fully saturated rings. The number of fused-ring (bicyclic) bond motifs is 1. The quantitative estimate of drug-likeness (QED) is 0.806. The lowest BCUT2D eigenvalue weighted by molar-refractivity contribution is -0.274. The van der Waals surface area contributed by atoms with Gasteiger partial charge in [-0.3, -0.25) is 9.69 Å². The van der Waals surface area contributed by atoms with Crippen molar-refractivity contribution in [2.75, 3.05) is 19.2 Å². The Balaban J connectivity index is 1.56. The maximum atomic E-state index is 12.4. The third kappa shape index (κ3) is 5.07. The van der Waals surface area contributed by atoms with Crippen LogP contribution in [-0.4, -0.2) is 37.1 Å². The minimum atomic E-state index is -4.75. The fraction of sp³-hybridized carbons (Fsp3) is 0.316. The number of rotatable bonds is 6. The first kappa shape index (κ1) is 19.8. The molecule has 1 heterocycles. The van der Waals surface area contributed by atoms with Gasteiger partial charge < -0.3 is 19.5 Å². The first-order chi connectivity index (χ1) is 13.2. The summed E-state index contributed by atoms with van der Waals surface area (Å²) in [7, 11) is 1.80. The Morgan fingerprint density at radius 1 is 1.18 bits per heavy atom. The molecule has 0 unspecified atom stereocenters. The number of nitrogens with zero attached hydrogens (tertiary/aromatic N) is 1. The molecular formula is C19H19F3N2O4. The molecule has 0 radical (unpaired) electrons. The summed E-state index contributed by atoms with van der Waals surface area (Å²) in [4.78, 5) is 14.3. The number of nitrogens with one attached hydrogen (secondary N) is 1. The maximum Gasteiger partial charge on any atom is 0.573 e. The highest BCUT2D eigenvalue weighted by molar-refractivity contribution is 5.94. The number of carbonyl (C=O) groups is 1. The third-order valence-corrected chi connectivity index (χ3v) is 4.26. The number of carbonyl (C=O) groups excluding carboxylic acids is 1. The zero-order valence-electron chi connectivity index (χ0n) is 15.2. The molecule has 1 aliphatic heterocycles. The van der Waals surface area contributed by atoms with E-state index >= 15 is 0 Å². The molecule has 0 saturated heterocycles. The van der Waals surface area contributed by atoms with Crippen LogP contribution in [0.5, 0.6) is 17.2 Å². The van der Waals surface area contributed by atoms with Crippen LogP contribution in [0.3, 0.4) is 0 Å². The second kappa shape index (κ2) is 7.97. The number of anilines is 1. The molecule has 0 spiro atoms. The number of alkyl halides is 3. The van der Waals surface area contributed by atoms with Gasteiger partial charge in [0, 0.05) is 12.2 Å². The monoisotopic (exact) mass is 396 g/mol. The predicted octanol–water partition coefficient (Wildman–Crippen LogP) is 3.77. The van der Waals surface area contributed by atoms with E-state index in [2.05, 4.69) is 10.1 Å². The summed E-state index contributed by atoms with van der Waals surface area (Å²) in [6, 6.07) is 10.1. The number of ether oxygens (including phenoxy) is 3. The summed E-state index contributed by atoms with van der Waals surface area (Å²) in [6.45, 7) is 2.44. The standard InChI is InChI=1S/C19H19F3N2O4/c1-12(24(2)10-13-3-8-16-17(9-13)27-11-26-16)18(25)23-14-4-6-15(7-5-14)28-19(20,21)22/h3-9,12H,10-11H2,1-2H3,(H,23,25)/t12-/m0/s1. The molecule has 0 aromatic heterocycles. The summed E-state index contributed by atoms with van der Waals surface area (Å²) in [5, 5.41) is 2.68. The molecule has 0 aliphatic carbocycles. The van der Waals surface area contributed by atoms with Gasteiger partial charge in [0.15, 0.2) is 11.5 Å². The molecule has 28 heavy (non-hydrogen) atoms. The highest BCUT2D eigenvalue weighted by Crippen LogP contribution is 2.32. The molecule has 2 aromatic rings. The van der Waals surface area contributed by atoms with Crippen LogP contribution in [0.15, 0.2) is 42.5 Å². The Hall–Kier alpha value is -2.94. The molecule has 1 atom stereocenters. The van der Waals surface area contributed by atoms with Crippen LogP contribution < -0.4 is 19.5 Å². The Bertz CT molecular complexity index is 840. The van der Waals surface area contributed by atoms with Crippen molar-refractivity contribution < 1.29 is 32.2 Å². The average molecular weight is 396 g/mol. The lowest BCUT2D eigenvalue weighted by atomic mass is 10.1. The van der Waals surface area contributed by atoms with Crippen LogP contribution in [0, 0.1) is 0 Å². The number of hydrogen-bond donors (Lipinski definition) is 1. The molecule has 1 amide bonds. The maximum absolute atomic E-state index is 12.4. The van der Waals surface area contributed by atoms with Gasteiger partial charge in [-0.05, 0) is 55.9 Å². The zero-order chi connectivity index (χ0) is 20.3. The highest BCUT2D eigenvalue weighted by Gasteiger charge is 2.31. The summed E-state index contributed by atoms with van der Waals surface area (Å²) >= 11 is 0. The molecule has 3 rings (SSSR count). The second-order valence-corrected chi connectivity index (χ2v) is 6.34. The predicted molar refractivity (Wildman–Crippen MR) is 95.2 cm³/mol. The van der Waals surface area contributed by atoms with Crippen LogP contribution in [-0.2, 0) is 11.3 Å². The summed E-state index contributed by atoms with van der Waals surface area (Å²) in [5.41, 5.74) is 1.34. The van der Waals surface area contributed by atoms with Crippen molar-refractivity contribution in [2.45, 2.75) is 25.9 Å². The number of benzene rings is 2. The number of halogens is 3. The Kier molecular flexibility index (Phi) is 5.64. The fourth-order valence-corrected chi connectivity index (χ4v) is 2.65. The highest BCUT2D eigenvalue weighted by atomic mass is 19.4. The Morgan fingerprint density at radius 3 is 2.54 bits per heavy atom. The minimum Gasteiger partial charge on any atom is -0.454 e. The minimum absolute atomic E-state index is 0.195. The van der Waals surface area contributed by atoms with Crippen molar-refractivity contribution in [1.29, 1.82) is 0 Å². The van der Waals surface area contributed by atoms with Gasteiger partial charge in [-0.25, -0.2) is 0 Å². The van der Waals surface area contributed by atoms with Crippen molar-refractivity contribution in [3.05, 3.63) is 48.0 Å². The number of hydrogen-bond acceptors (Lipinski definition) is 5. The van der Waals surface area contributed by atoms with Crippen molar-refractivity contribution in [2.24, 2.45) is 0 Å². The molecule has 1 N–H and O–H groups in total. The normalized spacial score (nSPS) is 14.1. The smallest absolute Gasteiger partial charge is 0.454 e. The van der Waals surface area contributed by atoms with E-state index in [0.717, 1.165) is 17.7 Å². The fourth-order valence-electron chi connectivity index (χ4n) is 2.65. The van der Waals surface area contributed by atoms with Gasteiger partial charge in [0.1, 0.15) is 5.75 Å². The van der Waals surface area contributed by atoms with Crippen LogP contribution in [0.2, 0.25) is 0 Å². The molecule has 150 valence electrons. The van der Waals surface area contributed by atoms with E-state index in [1.807, 2.05) is 23.1 Å². The summed E-state index contributed by atoms with van der Waals surface area (Å²) in [5.74, 6) is 0.727. The van der Waals surface area contributed by atoms with Crippen molar-refractivity contribution in [1.82, 2.24) is 4.90 Å². The van der Waals surface area contributed by atoms with Gasteiger partial charge in [0.2, 0.25) is 12.7 Å². The molecule has 0 saturated carbocycles. The zero-order valence-corrected chi connectivity index (χ0v) is 15.2. The van der Waals surface area contributed by atoms with E-state index in [1.165, 1.54) is 12.1 Å². The van der Waals surface area contributed by atoms with E-state index in [0.29, 0.717) is 23.7 Å². The van der Waals surface area contributed by atoms with Crippen LogP contribution in [0.4, 0.5) is 18.9 Å². The SMILES string of the molecule is C[C@@H](C(=O)Nc1ccc(OC(F)(F)F)cc1)N(C)Cc1ccc2c(c1)OCO2. The van der Waals surface area contributed by atoms with Gasteiger partial charge in [-0.1, -0.05) is 6.07 Å². The number of likely N-dealkylation sites (N-methyl/N-ethyl adjacent to an activating group) is 1. The van der Waals surface area contributed by atoms with Gasteiger partial charge in [-0.15, -0.1) is 13.2 Å². The first-order valence-electron chi connectivity index (χ1n) is 8.47. The molecular weight excluding hydrogens is 377 g/mol. The average Bonchev–Trinajstić information content (AvgIpc) is 3.09. The van der Waals surface area contributed by atoms with Gasteiger partial charge >= 0.3 is 6.36 Å². The van der Waals surface area contributed by atoms with Crippen LogP contribution >= 0.6 is 0 Å². The van der Waals surface area contributed by atoms with Crippen molar-refractivity contribution in [3.8, 4) is 17.2 Å². The number of amides is 1. The molecule has 2 aromatic carbocycles. The van der Waals surface area contributed by atoms with Crippen molar-refractivity contribution >= 4 is 11.6 Å². The summed E-state index contributed by atoms with van der Waals surface area (Å²) in [6.07, 6.45) is -4.75.